The Bertz CT molecular complexity index is 1320. The van der Waals surface area contributed by atoms with E-state index in [9.17, 15) is 14.0 Å². The Morgan fingerprint density at radius 3 is 2.42 bits per heavy atom. The number of carbonyl (C=O) groups is 1. The average Bonchev–Trinajstić information content (AvgIpc) is 2.77. The minimum atomic E-state index is -0.620. The van der Waals surface area contributed by atoms with Crippen LogP contribution in [-0.2, 0) is 4.79 Å². The molecule has 4 rings (SSSR count). The highest BCUT2D eigenvalue weighted by Gasteiger charge is 2.11. The van der Waals surface area contributed by atoms with Crippen molar-refractivity contribution in [2.45, 2.75) is 6.92 Å². The van der Waals surface area contributed by atoms with E-state index >= 15 is 0 Å². The number of ether oxygens (including phenoxy) is 2. The number of hydrogen-bond acceptors (Lipinski definition) is 5. The van der Waals surface area contributed by atoms with Crippen molar-refractivity contribution in [2.75, 3.05) is 0 Å². The summed E-state index contributed by atoms with van der Waals surface area (Å²) < 4.78 is 29.3. The van der Waals surface area contributed by atoms with Gasteiger partial charge in [0.25, 0.3) is 0 Å². The lowest BCUT2D eigenvalue weighted by Gasteiger charge is -2.07. The van der Waals surface area contributed by atoms with Gasteiger partial charge in [0.15, 0.2) is 0 Å². The molecule has 0 fully saturated rings. The molecule has 4 aromatic rings. The first-order valence-corrected chi connectivity index (χ1v) is 9.43. The first-order valence-electron chi connectivity index (χ1n) is 9.43. The number of hydrogen-bond donors (Lipinski definition) is 0. The second-order valence-corrected chi connectivity index (χ2v) is 6.81. The average molecular weight is 416 g/mol. The predicted octanol–water partition coefficient (Wildman–Crippen LogP) is 5.65. The molecule has 0 aliphatic carbocycles. The summed E-state index contributed by atoms with van der Waals surface area (Å²) in [5.74, 6) is -0.175. The molecular formula is C25H17FO5. The molecule has 0 bridgehead atoms. The zero-order valence-corrected chi connectivity index (χ0v) is 16.5. The highest BCUT2D eigenvalue weighted by molar-refractivity contribution is 5.89. The lowest BCUT2D eigenvalue weighted by molar-refractivity contribution is -0.128. The van der Waals surface area contributed by atoms with Crippen LogP contribution in [0.2, 0.25) is 0 Å². The number of benzene rings is 3. The Hall–Kier alpha value is -4.19. The highest BCUT2D eigenvalue weighted by Crippen LogP contribution is 2.24. The van der Waals surface area contributed by atoms with Gasteiger partial charge < -0.3 is 13.9 Å². The molecule has 0 atom stereocenters. The van der Waals surface area contributed by atoms with Crippen LogP contribution in [-0.4, -0.2) is 5.97 Å². The molecule has 1 heterocycles. The second kappa shape index (κ2) is 8.67. The van der Waals surface area contributed by atoms with Gasteiger partial charge in [0, 0.05) is 12.1 Å². The van der Waals surface area contributed by atoms with Crippen molar-refractivity contribution in [1.82, 2.24) is 0 Å². The smallest absolute Gasteiger partial charge is 0.336 e. The molecular weight excluding hydrogens is 399 g/mol. The van der Waals surface area contributed by atoms with Crippen LogP contribution in [0.4, 0.5) is 4.39 Å². The molecule has 0 N–H and O–H groups in total. The zero-order valence-electron chi connectivity index (χ0n) is 16.5. The van der Waals surface area contributed by atoms with E-state index in [1.165, 1.54) is 48.7 Å². The molecule has 0 saturated heterocycles. The van der Waals surface area contributed by atoms with E-state index in [0.29, 0.717) is 16.7 Å². The van der Waals surface area contributed by atoms with Crippen LogP contribution < -0.4 is 14.9 Å². The van der Waals surface area contributed by atoms with Gasteiger partial charge in [-0.15, -0.1) is 0 Å². The van der Waals surface area contributed by atoms with Crippen molar-refractivity contribution in [3.05, 3.63) is 106 Å². The summed E-state index contributed by atoms with van der Waals surface area (Å²) in [4.78, 5) is 24.7. The maximum atomic E-state index is 12.9. The van der Waals surface area contributed by atoms with Crippen molar-refractivity contribution in [1.29, 1.82) is 0 Å². The van der Waals surface area contributed by atoms with Crippen molar-refractivity contribution in [2.24, 2.45) is 0 Å². The number of esters is 1. The molecule has 6 heteroatoms. The minimum Gasteiger partial charge on any atom is -0.460 e. The lowest BCUT2D eigenvalue weighted by atomic mass is 10.2. The quantitative estimate of drug-likeness (QED) is 0.239. The Labute approximate surface area is 177 Å². The largest absolute Gasteiger partial charge is 0.460 e. The lowest BCUT2D eigenvalue weighted by Crippen LogP contribution is -2.06. The molecule has 0 saturated carbocycles. The number of carbonyl (C=O) groups excluding carboxylic acids is 1. The van der Waals surface area contributed by atoms with Gasteiger partial charge >= 0.3 is 5.97 Å². The van der Waals surface area contributed by atoms with Crippen molar-refractivity contribution >= 4 is 23.0 Å². The van der Waals surface area contributed by atoms with E-state index < -0.39 is 5.97 Å². The van der Waals surface area contributed by atoms with Gasteiger partial charge in [-0.3, -0.25) is 4.79 Å². The second-order valence-electron chi connectivity index (χ2n) is 6.81. The van der Waals surface area contributed by atoms with Crippen LogP contribution >= 0.6 is 0 Å². The summed E-state index contributed by atoms with van der Waals surface area (Å²) in [6.07, 6.45) is 3.97. The van der Waals surface area contributed by atoms with Crippen LogP contribution in [0.15, 0.2) is 88.3 Å². The van der Waals surface area contributed by atoms with Gasteiger partial charge in [-0.1, -0.05) is 29.8 Å². The van der Waals surface area contributed by atoms with Crippen LogP contribution in [0.3, 0.4) is 0 Å². The Morgan fingerprint density at radius 2 is 1.68 bits per heavy atom. The number of fused-ring (bicyclic) bond motifs is 1. The van der Waals surface area contributed by atoms with E-state index in [2.05, 4.69) is 0 Å². The minimum absolute atomic E-state index is 0.0586. The fourth-order valence-electron chi connectivity index (χ4n) is 2.85. The van der Waals surface area contributed by atoms with Gasteiger partial charge in [-0.25, -0.2) is 9.18 Å². The van der Waals surface area contributed by atoms with Gasteiger partial charge in [0.05, 0.1) is 5.39 Å². The van der Waals surface area contributed by atoms with E-state index in [0.717, 1.165) is 5.56 Å². The molecule has 0 amide bonds. The molecule has 5 nitrogen and oxygen atoms in total. The topological polar surface area (TPSA) is 65.7 Å². The van der Waals surface area contributed by atoms with Gasteiger partial charge in [0.2, 0.25) is 11.2 Å². The number of aryl methyl sites for hydroxylation is 1. The molecule has 154 valence electrons. The third kappa shape index (κ3) is 4.87. The summed E-state index contributed by atoms with van der Waals surface area (Å²) in [7, 11) is 0. The molecule has 0 aliphatic rings. The highest BCUT2D eigenvalue weighted by atomic mass is 19.1. The normalized spacial score (nSPS) is 11.0. The molecule has 1 aromatic heterocycles. The molecule has 3 aromatic carbocycles. The van der Waals surface area contributed by atoms with Crippen LogP contribution in [0, 0.1) is 12.7 Å². The van der Waals surface area contributed by atoms with E-state index in [1.807, 2.05) is 19.1 Å². The summed E-state index contributed by atoms with van der Waals surface area (Å²) in [6.45, 7) is 1.96. The third-order valence-electron chi connectivity index (χ3n) is 4.46. The third-order valence-corrected chi connectivity index (χ3v) is 4.46. The van der Waals surface area contributed by atoms with Crippen LogP contribution in [0.1, 0.15) is 11.1 Å². The Kier molecular flexibility index (Phi) is 5.62. The Balaban J connectivity index is 1.50. The predicted molar refractivity (Wildman–Crippen MR) is 115 cm³/mol. The SMILES string of the molecule is Cc1ccc(Oc2coc3cc(OC(=O)/C=C/c4ccc(F)cc4)ccc3c2=O)cc1. The van der Waals surface area contributed by atoms with Gasteiger partial charge in [-0.05, 0) is 55.0 Å². The van der Waals surface area contributed by atoms with Crippen LogP contribution in [0.25, 0.3) is 17.0 Å². The summed E-state index contributed by atoms with van der Waals surface area (Å²) in [5.41, 5.74) is 1.65. The Morgan fingerprint density at radius 1 is 0.968 bits per heavy atom. The fraction of sp³-hybridized carbons (Fsp3) is 0.0400. The number of rotatable bonds is 5. The first-order chi connectivity index (χ1) is 15.0. The van der Waals surface area contributed by atoms with E-state index in [-0.39, 0.29) is 28.3 Å². The fourth-order valence-corrected chi connectivity index (χ4v) is 2.85. The molecule has 0 radical (unpaired) electrons. The summed E-state index contributed by atoms with van der Waals surface area (Å²) in [6, 6.07) is 17.4. The molecule has 0 unspecified atom stereocenters. The van der Waals surface area contributed by atoms with Gasteiger partial charge in [-0.2, -0.15) is 0 Å². The molecule has 0 aliphatic heterocycles. The van der Waals surface area contributed by atoms with Crippen LogP contribution in [0.5, 0.6) is 17.2 Å². The van der Waals surface area contributed by atoms with E-state index in [4.69, 9.17) is 13.9 Å². The molecule has 0 spiro atoms. The summed E-state index contributed by atoms with van der Waals surface area (Å²) in [5, 5.41) is 0.297. The zero-order chi connectivity index (χ0) is 21.8. The first kappa shape index (κ1) is 20.1. The monoisotopic (exact) mass is 416 g/mol. The standard InChI is InChI=1S/C25H17FO5/c1-16-2-9-19(10-3-16)30-23-15-29-22-14-20(11-12-21(22)25(23)28)31-24(27)13-6-17-4-7-18(26)8-5-17/h2-15H,1H3/b13-6+. The maximum Gasteiger partial charge on any atom is 0.336 e. The van der Waals surface area contributed by atoms with Crippen molar-refractivity contribution in [3.8, 4) is 17.2 Å². The molecule has 31 heavy (non-hydrogen) atoms. The van der Waals surface area contributed by atoms with Crippen molar-refractivity contribution < 1.29 is 23.1 Å². The van der Waals surface area contributed by atoms with Gasteiger partial charge in [0.1, 0.15) is 29.2 Å². The number of halogens is 1. The summed E-state index contributed by atoms with van der Waals surface area (Å²) >= 11 is 0. The maximum absolute atomic E-state index is 12.9. The van der Waals surface area contributed by atoms with E-state index in [1.54, 1.807) is 24.3 Å². The van der Waals surface area contributed by atoms with Crippen molar-refractivity contribution in [3.63, 3.8) is 0 Å².